The highest BCUT2D eigenvalue weighted by Crippen LogP contribution is 2.47. The van der Waals surface area contributed by atoms with Crippen LogP contribution in [-0.2, 0) is 9.53 Å². The van der Waals surface area contributed by atoms with Crippen molar-refractivity contribution in [2.24, 2.45) is 0 Å². The first-order valence-corrected chi connectivity index (χ1v) is 11.1. The number of anilines is 1. The van der Waals surface area contributed by atoms with Gasteiger partial charge in [-0.15, -0.1) is 0 Å². The molecule has 0 radical (unpaired) electrons. The normalized spacial score (nSPS) is 31.6. The molecule has 170 valence electrons. The average Bonchev–Trinajstić information content (AvgIpc) is 2.67. The van der Waals surface area contributed by atoms with Gasteiger partial charge in [0.1, 0.15) is 11.4 Å². The van der Waals surface area contributed by atoms with Gasteiger partial charge in [-0.25, -0.2) is 4.79 Å². The molecule has 1 aromatic carbocycles. The molecule has 31 heavy (non-hydrogen) atoms. The SMILES string of the molecule is CC(C)(C)OC(=O)NC12CCC(NC(=O)[C@H]3CNc4cc(Cl)ccc4O3)(CC1)C[C@@H]2O. The lowest BCUT2D eigenvalue weighted by Gasteiger charge is -2.56. The number of carbonyl (C=O) groups is 2. The van der Waals surface area contributed by atoms with Crippen molar-refractivity contribution in [3.8, 4) is 5.75 Å². The van der Waals surface area contributed by atoms with Gasteiger partial charge in [0.05, 0.1) is 23.9 Å². The molecule has 4 aliphatic rings. The zero-order valence-corrected chi connectivity index (χ0v) is 18.8. The molecule has 0 aromatic heterocycles. The number of fused-ring (bicyclic) bond motifs is 4. The van der Waals surface area contributed by atoms with Gasteiger partial charge in [0.15, 0.2) is 6.10 Å². The predicted molar refractivity (Wildman–Crippen MR) is 116 cm³/mol. The minimum atomic E-state index is -0.768. The molecule has 1 heterocycles. The summed E-state index contributed by atoms with van der Waals surface area (Å²) in [5.74, 6) is 0.371. The Bertz CT molecular complexity index is 876. The molecule has 3 fully saturated rings. The van der Waals surface area contributed by atoms with Gasteiger partial charge in [-0.05, 0) is 71.1 Å². The number of hydrogen-bond donors (Lipinski definition) is 4. The molecular weight excluding hydrogens is 422 g/mol. The fourth-order valence-corrected chi connectivity index (χ4v) is 4.97. The van der Waals surface area contributed by atoms with Crippen LogP contribution >= 0.6 is 11.6 Å². The molecule has 2 bridgehead atoms. The highest BCUT2D eigenvalue weighted by atomic mass is 35.5. The fraction of sp³-hybridized carbons (Fsp3) is 0.636. The molecule has 3 aliphatic carbocycles. The second-order valence-electron chi connectivity index (χ2n) is 9.90. The standard InChI is InChI=1S/C22H30ClN3O5/c1-20(2,3)31-19(29)26-22-8-6-21(7-9-22,11-17(22)27)25-18(28)16-12-24-14-10-13(23)4-5-15(14)30-16/h4-5,10,16-17,24,27H,6-9,11-12H2,1-3H3,(H,25,28)(H,26,29)/t16-,17+,21?,22?/m1/s1. The molecule has 1 aromatic rings. The summed E-state index contributed by atoms with van der Waals surface area (Å²) in [6.45, 7) is 5.75. The first-order valence-electron chi connectivity index (χ1n) is 10.7. The molecule has 2 atom stereocenters. The van der Waals surface area contributed by atoms with Gasteiger partial charge in [0.25, 0.3) is 5.91 Å². The minimum absolute atomic E-state index is 0.213. The highest BCUT2D eigenvalue weighted by Gasteiger charge is 2.56. The summed E-state index contributed by atoms with van der Waals surface area (Å²) in [5.41, 5.74) is -1.06. The molecule has 3 saturated carbocycles. The maximum Gasteiger partial charge on any atom is 0.408 e. The molecular formula is C22H30ClN3O5. The number of aliphatic hydroxyl groups is 1. The van der Waals surface area contributed by atoms with E-state index in [1.54, 1.807) is 39.0 Å². The quantitative estimate of drug-likeness (QED) is 0.562. The highest BCUT2D eigenvalue weighted by molar-refractivity contribution is 6.30. The summed E-state index contributed by atoms with van der Waals surface area (Å²) in [6, 6.07) is 5.22. The van der Waals surface area contributed by atoms with E-state index in [0.29, 0.717) is 49.4 Å². The van der Waals surface area contributed by atoms with Crippen molar-refractivity contribution in [2.75, 3.05) is 11.9 Å². The molecule has 8 nitrogen and oxygen atoms in total. The first-order chi connectivity index (χ1) is 14.5. The molecule has 2 amide bonds. The lowest BCUT2D eigenvalue weighted by molar-refractivity contribution is -0.134. The van der Waals surface area contributed by atoms with Gasteiger partial charge >= 0.3 is 6.09 Å². The molecule has 0 unspecified atom stereocenters. The first kappa shape index (κ1) is 22.0. The number of benzene rings is 1. The van der Waals surface area contributed by atoms with Crippen LogP contribution in [0.15, 0.2) is 18.2 Å². The number of aliphatic hydroxyl groups excluding tert-OH is 1. The number of amides is 2. The predicted octanol–water partition coefficient (Wildman–Crippen LogP) is 2.97. The molecule has 1 aliphatic heterocycles. The Balaban J connectivity index is 1.38. The maximum absolute atomic E-state index is 13.0. The smallest absolute Gasteiger partial charge is 0.408 e. The molecule has 4 N–H and O–H groups in total. The number of hydrogen-bond acceptors (Lipinski definition) is 6. The monoisotopic (exact) mass is 451 g/mol. The third-order valence-corrected chi connectivity index (χ3v) is 6.68. The van der Waals surface area contributed by atoms with E-state index in [1.165, 1.54) is 0 Å². The van der Waals surface area contributed by atoms with Crippen LogP contribution in [0.4, 0.5) is 10.5 Å². The van der Waals surface area contributed by atoms with Crippen molar-refractivity contribution in [1.29, 1.82) is 0 Å². The van der Waals surface area contributed by atoms with Crippen LogP contribution < -0.4 is 20.7 Å². The van der Waals surface area contributed by atoms with Crippen LogP contribution in [0.5, 0.6) is 5.75 Å². The lowest BCUT2D eigenvalue weighted by Crippen LogP contribution is -2.71. The summed E-state index contributed by atoms with van der Waals surface area (Å²) in [7, 11) is 0. The van der Waals surface area contributed by atoms with Crippen molar-refractivity contribution in [3.05, 3.63) is 23.2 Å². The molecule has 9 heteroatoms. The Morgan fingerprint density at radius 3 is 2.58 bits per heavy atom. The Kier molecular flexibility index (Phi) is 5.50. The number of carbonyl (C=O) groups excluding carboxylic acids is 2. The average molecular weight is 452 g/mol. The van der Waals surface area contributed by atoms with Crippen LogP contribution in [0.1, 0.15) is 52.9 Å². The zero-order valence-electron chi connectivity index (χ0n) is 18.1. The van der Waals surface area contributed by atoms with Gasteiger partial charge in [-0.1, -0.05) is 11.6 Å². The van der Waals surface area contributed by atoms with Crippen molar-refractivity contribution in [1.82, 2.24) is 10.6 Å². The Morgan fingerprint density at radius 1 is 1.23 bits per heavy atom. The summed E-state index contributed by atoms with van der Waals surface area (Å²) in [6.07, 6.45) is 0.879. The second-order valence-corrected chi connectivity index (χ2v) is 10.3. The topological polar surface area (TPSA) is 109 Å². The minimum Gasteiger partial charge on any atom is -0.477 e. The van der Waals surface area contributed by atoms with Crippen LogP contribution in [-0.4, -0.2) is 52.5 Å². The van der Waals surface area contributed by atoms with Crippen LogP contribution in [0.25, 0.3) is 0 Å². The fourth-order valence-electron chi connectivity index (χ4n) is 4.80. The maximum atomic E-state index is 13.0. The molecule has 5 rings (SSSR count). The lowest BCUT2D eigenvalue weighted by atomic mass is 9.60. The van der Waals surface area contributed by atoms with E-state index in [4.69, 9.17) is 21.1 Å². The second kappa shape index (κ2) is 7.74. The van der Waals surface area contributed by atoms with Crippen LogP contribution in [0.2, 0.25) is 5.02 Å². The van der Waals surface area contributed by atoms with Crippen molar-refractivity contribution >= 4 is 29.3 Å². The van der Waals surface area contributed by atoms with Crippen molar-refractivity contribution in [3.63, 3.8) is 0 Å². The van der Waals surface area contributed by atoms with Crippen molar-refractivity contribution < 1.29 is 24.2 Å². The summed E-state index contributed by atoms with van der Waals surface area (Å²) >= 11 is 6.00. The van der Waals surface area contributed by atoms with E-state index in [-0.39, 0.29) is 5.91 Å². The summed E-state index contributed by atoms with van der Waals surface area (Å²) in [4.78, 5) is 25.3. The number of ether oxygens (including phenoxy) is 2. The van der Waals surface area contributed by atoms with E-state index in [9.17, 15) is 14.7 Å². The number of nitrogens with one attached hydrogen (secondary N) is 3. The third-order valence-electron chi connectivity index (χ3n) is 6.44. The van der Waals surface area contributed by atoms with E-state index < -0.39 is 35.0 Å². The molecule has 0 saturated heterocycles. The van der Waals surface area contributed by atoms with Crippen molar-refractivity contribution in [2.45, 2.75) is 81.8 Å². The van der Waals surface area contributed by atoms with Gasteiger partial charge in [0.2, 0.25) is 0 Å². The van der Waals surface area contributed by atoms with Gasteiger partial charge < -0.3 is 30.5 Å². The number of alkyl carbamates (subject to hydrolysis) is 1. The van der Waals surface area contributed by atoms with Crippen LogP contribution in [0, 0.1) is 0 Å². The van der Waals surface area contributed by atoms with E-state index in [1.807, 2.05) is 0 Å². The van der Waals surface area contributed by atoms with Crippen LogP contribution in [0.3, 0.4) is 0 Å². The third kappa shape index (κ3) is 4.55. The Labute approximate surface area is 187 Å². The Morgan fingerprint density at radius 2 is 1.94 bits per heavy atom. The number of rotatable bonds is 3. The largest absolute Gasteiger partial charge is 0.477 e. The number of halogens is 1. The van der Waals surface area contributed by atoms with Gasteiger partial charge in [-0.2, -0.15) is 0 Å². The van der Waals surface area contributed by atoms with E-state index >= 15 is 0 Å². The Hall–Kier alpha value is -2.19. The van der Waals surface area contributed by atoms with Gasteiger partial charge in [0, 0.05) is 10.6 Å². The summed E-state index contributed by atoms with van der Waals surface area (Å²) in [5, 5.41) is 20.7. The molecule has 0 spiro atoms. The van der Waals surface area contributed by atoms with E-state index in [0.717, 1.165) is 5.69 Å². The van der Waals surface area contributed by atoms with E-state index in [2.05, 4.69) is 16.0 Å². The van der Waals surface area contributed by atoms with Gasteiger partial charge in [-0.3, -0.25) is 4.79 Å². The zero-order chi connectivity index (χ0) is 22.4. The summed E-state index contributed by atoms with van der Waals surface area (Å²) < 4.78 is 11.2.